The Morgan fingerprint density at radius 3 is 2.39 bits per heavy atom. The first-order chi connectivity index (χ1) is 14.8. The van der Waals surface area contributed by atoms with Gasteiger partial charge in [-0.2, -0.15) is 5.01 Å². The highest BCUT2D eigenvalue weighted by molar-refractivity contribution is 9.11. The molecule has 0 radical (unpaired) electrons. The third-order valence-electron chi connectivity index (χ3n) is 6.15. The SMILES string of the molecule is CN(Cc1cc(Br)cc(Br)c1N(N=O)C1O[C@@H](CO)[C@H](O)[C@@H](O)[C@@H]1O)C1CCCCC1. The minimum atomic E-state index is -1.62. The molecule has 1 aromatic carbocycles. The maximum absolute atomic E-state index is 11.9. The van der Waals surface area contributed by atoms with E-state index in [-0.39, 0.29) is 0 Å². The summed E-state index contributed by atoms with van der Waals surface area (Å²) in [5.74, 6) is 0. The van der Waals surface area contributed by atoms with Crippen molar-refractivity contribution in [2.45, 2.75) is 75.3 Å². The number of anilines is 1. The molecule has 2 aliphatic rings. The number of nitroso groups, excluding NO2 is 1. The molecule has 0 spiro atoms. The van der Waals surface area contributed by atoms with Crippen molar-refractivity contribution in [3.63, 3.8) is 0 Å². The van der Waals surface area contributed by atoms with Crippen LogP contribution in [0.4, 0.5) is 5.69 Å². The molecule has 1 saturated carbocycles. The molecule has 1 aromatic rings. The summed E-state index contributed by atoms with van der Waals surface area (Å²) in [6.45, 7) is -0.0611. The van der Waals surface area contributed by atoms with Gasteiger partial charge in [0.2, 0.25) is 0 Å². The summed E-state index contributed by atoms with van der Waals surface area (Å²) < 4.78 is 6.92. The van der Waals surface area contributed by atoms with Crippen molar-refractivity contribution in [3.8, 4) is 0 Å². The molecule has 1 aliphatic carbocycles. The topological polar surface area (TPSA) is 126 Å². The van der Waals surface area contributed by atoms with Gasteiger partial charge in [0.1, 0.15) is 24.4 Å². The summed E-state index contributed by atoms with van der Waals surface area (Å²) in [5.41, 5.74) is 1.16. The normalized spacial score (nSPS) is 29.9. The fourth-order valence-electron chi connectivity index (χ4n) is 4.41. The number of benzene rings is 1. The second kappa shape index (κ2) is 11.0. The van der Waals surface area contributed by atoms with E-state index in [4.69, 9.17) is 4.74 Å². The van der Waals surface area contributed by atoms with Crippen LogP contribution in [0.1, 0.15) is 37.7 Å². The highest BCUT2D eigenvalue weighted by Gasteiger charge is 2.47. The first-order valence-electron chi connectivity index (χ1n) is 10.4. The Morgan fingerprint density at radius 2 is 1.77 bits per heavy atom. The molecule has 1 unspecified atom stereocenters. The van der Waals surface area contributed by atoms with Crippen molar-refractivity contribution in [2.75, 3.05) is 18.7 Å². The number of aliphatic hydroxyl groups excluding tert-OH is 4. The molecule has 3 rings (SSSR count). The molecule has 174 valence electrons. The third-order valence-corrected chi connectivity index (χ3v) is 7.21. The lowest BCUT2D eigenvalue weighted by Gasteiger charge is -2.43. The van der Waals surface area contributed by atoms with Crippen molar-refractivity contribution in [2.24, 2.45) is 5.29 Å². The summed E-state index contributed by atoms with van der Waals surface area (Å²) in [5, 5.41) is 44.3. The molecule has 11 heteroatoms. The summed E-state index contributed by atoms with van der Waals surface area (Å²) in [7, 11) is 2.04. The third kappa shape index (κ3) is 5.47. The number of aliphatic hydroxyl groups is 4. The first-order valence-corrected chi connectivity index (χ1v) is 12.0. The van der Waals surface area contributed by atoms with Crippen LogP contribution in [0.3, 0.4) is 0 Å². The summed E-state index contributed by atoms with van der Waals surface area (Å²) in [6, 6.07) is 4.06. The molecule has 1 aliphatic heterocycles. The fourth-order valence-corrected chi connectivity index (χ4v) is 5.91. The van der Waals surface area contributed by atoms with Crippen molar-refractivity contribution in [1.82, 2.24) is 4.90 Å². The molecule has 0 aromatic heterocycles. The predicted octanol–water partition coefficient (Wildman–Crippen LogP) is 2.26. The lowest BCUT2D eigenvalue weighted by molar-refractivity contribution is -0.228. The second-order valence-electron chi connectivity index (χ2n) is 8.25. The quantitative estimate of drug-likeness (QED) is 0.292. The number of ether oxygens (including phenoxy) is 1. The van der Waals surface area contributed by atoms with Gasteiger partial charge in [-0.05, 0) is 53.5 Å². The first kappa shape index (κ1) is 25.0. The van der Waals surface area contributed by atoms with E-state index < -0.39 is 37.3 Å². The summed E-state index contributed by atoms with van der Waals surface area (Å²) >= 11 is 6.97. The van der Waals surface area contributed by atoms with Gasteiger partial charge in [-0.3, -0.25) is 4.90 Å². The van der Waals surface area contributed by atoms with Crippen LogP contribution in [0.25, 0.3) is 0 Å². The second-order valence-corrected chi connectivity index (χ2v) is 10.0. The number of rotatable bonds is 7. The maximum atomic E-state index is 11.9. The van der Waals surface area contributed by atoms with E-state index in [1.54, 1.807) is 6.07 Å². The minimum Gasteiger partial charge on any atom is -0.394 e. The number of halogens is 2. The van der Waals surface area contributed by atoms with Crippen LogP contribution >= 0.6 is 31.9 Å². The molecule has 4 N–H and O–H groups in total. The Kier molecular flexibility index (Phi) is 8.84. The number of nitrogens with zero attached hydrogens (tertiary/aromatic N) is 3. The molecule has 2 fully saturated rings. The monoisotopic (exact) mass is 565 g/mol. The van der Waals surface area contributed by atoms with Crippen molar-refractivity contribution in [3.05, 3.63) is 31.5 Å². The molecule has 9 nitrogen and oxygen atoms in total. The van der Waals surface area contributed by atoms with Gasteiger partial charge in [0, 0.05) is 21.5 Å². The fraction of sp³-hybridized carbons (Fsp3) is 0.700. The molecule has 31 heavy (non-hydrogen) atoms. The van der Waals surface area contributed by atoms with Gasteiger partial charge in [0.05, 0.1) is 17.6 Å². The smallest absolute Gasteiger partial charge is 0.182 e. The zero-order valence-corrected chi connectivity index (χ0v) is 20.4. The number of hydrogen-bond acceptors (Lipinski definition) is 8. The summed E-state index contributed by atoms with van der Waals surface area (Å²) in [6.07, 6.45) is -1.41. The zero-order valence-electron chi connectivity index (χ0n) is 17.3. The van der Waals surface area contributed by atoms with Gasteiger partial charge in [-0.25, -0.2) is 0 Å². The highest BCUT2D eigenvalue weighted by atomic mass is 79.9. The highest BCUT2D eigenvalue weighted by Crippen LogP contribution is 2.38. The molecule has 0 bridgehead atoms. The molecule has 1 heterocycles. The molecule has 1 saturated heterocycles. The summed E-state index contributed by atoms with van der Waals surface area (Å²) in [4.78, 5) is 14.2. The Morgan fingerprint density at radius 1 is 1.10 bits per heavy atom. The van der Waals surface area contributed by atoms with E-state index in [1.807, 2.05) is 13.1 Å². The van der Waals surface area contributed by atoms with Crippen LogP contribution in [0.15, 0.2) is 26.4 Å². The van der Waals surface area contributed by atoms with E-state index in [0.717, 1.165) is 27.9 Å². The van der Waals surface area contributed by atoms with Crippen molar-refractivity contribution in [1.29, 1.82) is 0 Å². The Labute approximate surface area is 198 Å². The largest absolute Gasteiger partial charge is 0.394 e. The average Bonchev–Trinajstić information content (AvgIpc) is 2.76. The molecule has 5 atom stereocenters. The Hall–Kier alpha value is -0.660. The Balaban J connectivity index is 1.94. The van der Waals surface area contributed by atoms with E-state index in [0.29, 0.717) is 22.7 Å². The van der Waals surface area contributed by atoms with E-state index in [2.05, 4.69) is 42.0 Å². The van der Waals surface area contributed by atoms with Gasteiger partial charge in [-0.15, -0.1) is 4.91 Å². The lowest BCUT2D eigenvalue weighted by Crippen LogP contribution is -2.62. The van der Waals surface area contributed by atoms with Crippen molar-refractivity contribution >= 4 is 37.5 Å². The van der Waals surface area contributed by atoms with Gasteiger partial charge in [-0.1, -0.05) is 35.2 Å². The van der Waals surface area contributed by atoms with E-state index >= 15 is 0 Å². The van der Waals surface area contributed by atoms with Gasteiger partial charge >= 0.3 is 0 Å². The van der Waals surface area contributed by atoms with Crippen LogP contribution in [0, 0.1) is 4.91 Å². The maximum Gasteiger partial charge on any atom is 0.182 e. The average molecular weight is 567 g/mol. The van der Waals surface area contributed by atoms with Crippen LogP contribution in [0.2, 0.25) is 0 Å². The predicted molar refractivity (Wildman–Crippen MR) is 122 cm³/mol. The number of hydrogen-bond donors (Lipinski definition) is 4. The van der Waals surface area contributed by atoms with Gasteiger partial charge in [0.25, 0.3) is 0 Å². The van der Waals surface area contributed by atoms with Gasteiger partial charge in [0.15, 0.2) is 6.23 Å². The van der Waals surface area contributed by atoms with Crippen LogP contribution in [-0.4, -0.2) is 75.7 Å². The molecule has 0 amide bonds. The molecular formula is C20H29Br2N3O6. The molecular weight excluding hydrogens is 538 g/mol. The van der Waals surface area contributed by atoms with Crippen molar-refractivity contribution < 1.29 is 25.2 Å². The van der Waals surface area contributed by atoms with Gasteiger partial charge < -0.3 is 25.2 Å². The lowest BCUT2D eigenvalue weighted by atomic mass is 9.94. The standard InChI is InChI=1S/C20H29Br2N3O6/c1-24(13-5-3-2-4-6-13)9-11-7-12(21)8-14(22)16(11)25(23-30)20-19(29)18(28)17(27)15(10-26)31-20/h7-8,13,15,17-20,26-29H,2-6,9-10H2,1H3/t15-,17-,18+,19-,20?/m0/s1. The van der Waals surface area contributed by atoms with Crippen LogP contribution in [-0.2, 0) is 11.3 Å². The van der Waals surface area contributed by atoms with E-state index in [9.17, 15) is 25.3 Å². The minimum absolute atomic E-state index is 0.394. The van der Waals surface area contributed by atoms with Crippen LogP contribution < -0.4 is 5.01 Å². The van der Waals surface area contributed by atoms with Crippen LogP contribution in [0.5, 0.6) is 0 Å². The zero-order chi connectivity index (χ0) is 22.7. The van der Waals surface area contributed by atoms with E-state index in [1.165, 1.54) is 19.3 Å². The Bertz CT molecular complexity index is 765.